The van der Waals surface area contributed by atoms with Gasteiger partial charge in [-0.2, -0.15) is 22.0 Å². The first kappa shape index (κ1) is 37.1. The molecule has 0 aliphatic rings. The van der Waals surface area contributed by atoms with Gasteiger partial charge in [0.2, 0.25) is 0 Å². The molecule has 2 aromatic carbocycles. The molecule has 2 unspecified atom stereocenters. The number of ether oxygens (including phenoxy) is 1. The lowest BCUT2D eigenvalue weighted by atomic mass is 9.74. The van der Waals surface area contributed by atoms with E-state index in [4.69, 9.17) is 0 Å². The molecule has 0 saturated heterocycles. The Morgan fingerprint density at radius 3 is 1.93 bits per heavy atom. The predicted octanol–water partition coefficient (Wildman–Crippen LogP) is 11.1. The molecule has 0 aromatic heterocycles. The summed E-state index contributed by atoms with van der Waals surface area (Å²) < 4.78 is 148. The van der Waals surface area contributed by atoms with E-state index >= 15 is 22.0 Å². The molecule has 2 rings (SSSR count). The highest BCUT2D eigenvalue weighted by atomic mass is 19.4. The van der Waals surface area contributed by atoms with E-state index < -0.39 is 76.4 Å². The van der Waals surface area contributed by atoms with E-state index in [0.717, 1.165) is 31.0 Å². The number of halogens is 10. The van der Waals surface area contributed by atoms with E-state index in [9.17, 15) is 22.0 Å². The van der Waals surface area contributed by atoms with Crippen LogP contribution in [0.1, 0.15) is 76.6 Å². The van der Waals surface area contributed by atoms with Gasteiger partial charge in [0.1, 0.15) is 34.7 Å². The fourth-order valence-corrected chi connectivity index (χ4v) is 4.85. The molecule has 0 N–H and O–H groups in total. The summed E-state index contributed by atoms with van der Waals surface area (Å²) in [5.41, 5.74) is -6.68. The molecule has 0 spiro atoms. The summed E-state index contributed by atoms with van der Waals surface area (Å²) in [5, 5.41) is 0. The van der Waals surface area contributed by atoms with Crippen LogP contribution in [0.3, 0.4) is 0 Å². The van der Waals surface area contributed by atoms with Crippen LogP contribution in [0.4, 0.5) is 43.9 Å². The van der Waals surface area contributed by atoms with Crippen LogP contribution in [0.25, 0.3) is 0 Å². The summed E-state index contributed by atoms with van der Waals surface area (Å²) in [6.07, 6.45) is -9.06. The fourth-order valence-electron chi connectivity index (χ4n) is 4.85. The third-order valence-electron chi connectivity index (χ3n) is 8.12. The van der Waals surface area contributed by atoms with E-state index in [0.29, 0.717) is 12.3 Å². The molecule has 0 fully saturated rings. The summed E-state index contributed by atoms with van der Waals surface area (Å²) in [5.74, 6) is -7.41. The van der Waals surface area contributed by atoms with Crippen LogP contribution >= 0.6 is 0 Å². The Hall–Kier alpha value is -3.08. The van der Waals surface area contributed by atoms with Gasteiger partial charge in [0, 0.05) is 11.0 Å². The zero-order valence-electron chi connectivity index (χ0n) is 25.3. The number of alkyl halides is 5. The number of benzene rings is 2. The van der Waals surface area contributed by atoms with Gasteiger partial charge in [-0.3, -0.25) is 0 Å². The summed E-state index contributed by atoms with van der Waals surface area (Å²) >= 11 is 0. The van der Waals surface area contributed by atoms with Gasteiger partial charge in [-0.1, -0.05) is 59.8 Å². The normalized spacial score (nSPS) is 16.0. The summed E-state index contributed by atoms with van der Waals surface area (Å²) in [6.45, 7) is 10.3. The zero-order valence-corrected chi connectivity index (χ0v) is 25.3. The minimum absolute atomic E-state index is 0.0479. The van der Waals surface area contributed by atoms with Gasteiger partial charge in [-0.25, -0.2) is 22.0 Å². The number of hydrogen-bond donors (Lipinski definition) is 0. The highest BCUT2D eigenvalue weighted by molar-refractivity contribution is 5.43. The second-order valence-corrected chi connectivity index (χ2v) is 11.5. The topological polar surface area (TPSA) is 9.23 Å². The molecule has 2 aromatic rings. The lowest BCUT2D eigenvalue weighted by Crippen LogP contribution is -2.46. The van der Waals surface area contributed by atoms with Crippen molar-refractivity contribution in [3.8, 4) is 0 Å². The van der Waals surface area contributed by atoms with E-state index in [1.54, 1.807) is 6.07 Å². The molecule has 0 saturated carbocycles. The number of rotatable bonds is 13. The van der Waals surface area contributed by atoms with Crippen molar-refractivity contribution >= 4 is 0 Å². The molecule has 0 aliphatic heterocycles. The fraction of sp³-hybridized carbons (Fsp3) is 0.455. The Balaban J connectivity index is 2.47. The van der Waals surface area contributed by atoms with Gasteiger partial charge in [0.25, 0.3) is 0 Å². The Morgan fingerprint density at radius 1 is 0.909 bits per heavy atom. The van der Waals surface area contributed by atoms with Gasteiger partial charge in [0.15, 0.2) is 0 Å². The Labute approximate surface area is 251 Å². The molecular formula is C33H36F10O. The van der Waals surface area contributed by atoms with E-state index in [1.807, 2.05) is 13.8 Å². The highest BCUT2D eigenvalue weighted by Gasteiger charge is 2.54. The standard InChI is InChI=1S/C33H36F10O/c1-8-19(4)15-20-11-12-22(25(36)16-20)30(5,6)21-17-26(37)28(27(38)18-21)31(7,10-3)33(42,43)44-14-13-24(35)29(23(34)9-2)32(39,40)41/h9,11-13,16-19H,2,8,10,14-15H2,1,3-7H3/b24-13+,29-23-. The first-order valence-electron chi connectivity index (χ1n) is 13.9. The lowest BCUT2D eigenvalue weighted by molar-refractivity contribution is -0.276. The van der Waals surface area contributed by atoms with Crippen LogP contribution in [-0.2, 0) is 22.0 Å². The molecule has 244 valence electrons. The van der Waals surface area contributed by atoms with Crippen molar-refractivity contribution in [3.63, 3.8) is 0 Å². The molecule has 2 atom stereocenters. The molecule has 1 nitrogen and oxygen atoms in total. The van der Waals surface area contributed by atoms with Crippen LogP contribution < -0.4 is 0 Å². The largest absolute Gasteiger partial charge is 0.422 e. The molecular weight excluding hydrogens is 602 g/mol. The van der Waals surface area contributed by atoms with Crippen molar-refractivity contribution < 1.29 is 48.6 Å². The van der Waals surface area contributed by atoms with Crippen molar-refractivity contribution in [2.24, 2.45) is 5.92 Å². The number of allylic oxidation sites excluding steroid dienone is 4. The van der Waals surface area contributed by atoms with Gasteiger partial charge < -0.3 is 4.74 Å². The molecule has 0 radical (unpaired) electrons. The smallest absolute Gasteiger partial charge is 0.315 e. The van der Waals surface area contributed by atoms with Crippen LogP contribution in [0, 0.1) is 23.4 Å². The van der Waals surface area contributed by atoms with Crippen molar-refractivity contribution in [2.75, 3.05) is 6.61 Å². The Kier molecular flexibility index (Phi) is 11.7. The first-order chi connectivity index (χ1) is 20.2. The van der Waals surface area contributed by atoms with Gasteiger partial charge in [0.05, 0.1) is 12.0 Å². The molecule has 0 heterocycles. The predicted molar refractivity (Wildman–Crippen MR) is 150 cm³/mol. The zero-order chi connectivity index (χ0) is 33.8. The minimum Gasteiger partial charge on any atom is -0.315 e. The average Bonchev–Trinajstić information content (AvgIpc) is 2.91. The maximum absolute atomic E-state index is 15.6. The summed E-state index contributed by atoms with van der Waals surface area (Å²) in [7, 11) is 0. The Bertz CT molecular complexity index is 1380. The summed E-state index contributed by atoms with van der Waals surface area (Å²) in [4.78, 5) is 0. The van der Waals surface area contributed by atoms with Crippen LogP contribution in [0.2, 0.25) is 0 Å². The van der Waals surface area contributed by atoms with Gasteiger partial charge in [-0.15, -0.1) is 0 Å². The maximum Gasteiger partial charge on any atom is 0.422 e. The first-order valence-corrected chi connectivity index (χ1v) is 13.9. The molecule has 11 heteroatoms. The maximum atomic E-state index is 15.6. The average molecular weight is 639 g/mol. The Morgan fingerprint density at radius 2 is 1.48 bits per heavy atom. The highest BCUT2D eigenvalue weighted by Crippen LogP contribution is 2.47. The number of hydrogen-bond acceptors (Lipinski definition) is 1. The molecule has 0 aliphatic carbocycles. The van der Waals surface area contributed by atoms with Crippen molar-refractivity contribution in [1.82, 2.24) is 0 Å². The van der Waals surface area contributed by atoms with E-state index in [2.05, 4.69) is 11.3 Å². The van der Waals surface area contributed by atoms with Crippen molar-refractivity contribution in [3.05, 3.63) is 106 Å². The third-order valence-corrected chi connectivity index (χ3v) is 8.12. The van der Waals surface area contributed by atoms with E-state index in [1.165, 1.54) is 32.9 Å². The SMILES string of the molecule is C=C/C(F)=C(\C(F)=C/COC(F)(F)C(C)(CC)c1c(F)cc(C(C)(C)c2ccc(CC(C)CC)cc2F)cc1F)C(F)(F)F. The van der Waals surface area contributed by atoms with Crippen molar-refractivity contribution in [2.45, 2.75) is 83.9 Å². The second-order valence-electron chi connectivity index (χ2n) is 11.5. The lowest BCUT2D eigenvalue weighted by Gasteiger charge is -2.37. The van der Waals surface area contributed by atoms with Crippen LogP contribution in [-0.4, -0.2) is 18.9 Å². The van der Waals surface area contributed by atoms with E-state index in [-0.39, 0.29) is 23.3 Å². The monoisotopic (exact) mass is 638 g/mol. The quantitative estimate of drug-likeness (QED) is 0.157. The van der Waals surface area contributed by atoms with Crippen LogP contribution in [0.15, 0.2) is 66.3 Å². The van der Waals surface area contributed by atoms with Crippen LogP contribution in [0.5, 0.6) is 0 Å². The van der Waals surface area contributed by atoms with Gasteiger partial charge in [-0.05, 0) is 72.7 Å². The molecule has 0 bridgehead atoms. The summed E-state index contributed by atoms with van der Waals surface area (Å²) in [6, 6.07) is 6.21. The van der Waals surface area contributed by atoms with Crippen molar-refractivity contribution in [1.29, 1.82) is 0 Å². The third kappa shape index (κ3) is 7.76. The second kappa shape index (κ2) is 13.9. The van der Waals surface area contributed by atoms with Gasteiger partial charge >= 0.3 is 12.3 Å². The molecule has 0 amide bonds. The minimum atomic E-state index is -5.51. The molecule has 44 heavy (non-hydrogen) atoms.